The number of pyridine rings is 1. The molecule has 2 heterocycles. The van der Waals surface area contributed by atoms with Crippen LogP contribution in [0, 0.1) is 13.8 Å². The van der Waals surface area contributed by atoms with E-state index in [0.717, 1.165) is 61.2 Å². The van der Waals surface area contributed by atoms with E-state index in [1.54, 1.807) is 18.3 Å². The number of aliphatic hydroxyl groups is 1. The molecule has 200 valence electrons. The Hall–Kier alpha value is -2.78. The Morgan fingerprint density at radius 3 is 2.22 bits per heavy atom. The van der Waals surface area contributed by atoms with Gasteiger partial charge >= 0.3 is 0 Å². The molecule has 1 aliphatic heterocycles. The lowest BCUT2D eigenvalue weighted by Crippen LogP contribution is -2.44. The van der Waals surface area contributed by atoms with Crippen molar-refractivity contribution >= 4 is 23.6 Å². The number of carbonyl (C=O) groups excluding carboxylic acids is 2. The zero-order chi connectivity index (χ0) is 26.2. The highest BCUT2D eigenvalue weighted by molar-refractivity contribution is 7.99. The van der Waals surface area contributed by atoms with Gasteiger partial charge in [-0.25, -0.2) is 4.98 Å². The largest absolute Gasteiger partial charge is 0.490 e. The lowest BCUT2D eigenvalue weighted by atomic mass is 9.90. The van der Waals surface area contributed by atoms with Gasteiger partial charge in [0, 0.05) is 18.3 Å². The zero-order valence-electron chi connectivity index (χ0n) is 21.6. The van der Waals surface area contributed by atoms with Gasteiger partial charge in [0.25, 0.3) is 11.8 Å². The Morgan fingerprint density at radius 2 is 1.57 bits per heavy atom. The van der Waals surface area contributed by atoms with Crippen LogP contribution in [0.2, 0.25) is 0 Å². The minimum atomic E-state index is -0.183. The van der Waals surface area contributed by atoms with Crippen LogP contribution >= 0.6 is 11.8 Å². The third-order valence-corrected chi connectivity index (χ3v) is 7.85. The number of ether oxygens (including phenoxy) is 2. The SMILES string of the molecule is Cc1ccc(OCCO)c(C(=O)NC2CCC(NC(=O)c3cc(C)cnc3OC3CCSCC3)CC2)c1. The maximum Gasteiger partial charge on any atom is 0.256 e. The third-order valence-electron chi connectivity index (χ3n) is 6.81. The van der Waals surface area contributed by atoms with Gasteiger partial charge in [0.05, 0.1) is 12.2 Å². The first-order chi connectivity index (χ1) is 17.9. The van der Waals surface area contributed by atoms with E-state index in [1.165, 1.54) is 0 Å². The van der Waals surface area contributed by atoms with Crippen LogP contribution < -0.4 is 20.1 Å². The molecule has 9 heteroatoms. The predicted molar refractivity (Wildman–Crippen MR) is 145 cm³/mol. The lowest BCUT2D eigenvalue weighted by molar-refractivity contribution is 0.0883. The molecule has 4 rings (SSSR count). The summed E-state index contributed by atoms with van der Waals surface area (Å²) in [5.41, 5.74) is 2.84. The summed E-state index contributed by atoms with van der Waals surface area (Å²) in [4.78, 5) is 30.6. The van der Waals surface area contributed by atoms with Crippen molar-refractivity contribution in [1.82, 2.24) is 15.6 Å². The van der Waals surface area contributed by atoms with Gasteiger partial charge in [-0.2, -0.15) is 11.8 Å². The van der Waals surface area contributed by atoms with Gasteiger partial charge < -0.3 is 25.2 Å². The second-order valence-electron chi connectivity index (χ2n) is 9.86. The highest BCUT2D eigenvalue weighted by Crippen LogP contribution is 2.26. The number of thioether (sulfide) groups is 1. The van der Waals surface area contributed by atoms with Crippen LogP contribution in [-0.4, -0.2) is 64.8 Å². The maximum atomic E-state index is 13.2. The van der Waals surface area contributed by atoms with E-state index < -0.39 is 0 Å². The Balaban J connectivity index is 1.31. The molecule has 0 unspecified atom stereocenters. The number of benzene rings is 1. The number of aliphatic hydroxyl groups excluding tert-OH is 1. The van der Waals surface area contributed by atoms with Gasteiger partial charge in [0.15, 0.2) is 0 Å². The number of aromatic nitrogens is 1. The van der Waals surface area contributed by atoms with Crippen LogP contribution in [0.1, 0.15) is 70.4 Å². The summed E-state index contributed by atoms with van der Waals surface area (Å²) in [6.07, 6.45) is 6.86. The van der Waals surface area contributed by atoms with Crippen LogP contribution in [0.5, 0.6) is 11.6 Å². The predicted octanol–water partition coefficient (Wildman–Crippen LogP) is 3.81. The zero-order valence-corrected chi connectivity index (χ0v) is 22.4. The highest BCUT2D eigenvalue weighted by Gasteiger charge is 2.27. The number of carbonyl (C=O) groups is 2. The number of nitrogens with one attached hydrogen (secondary N) is 2. The molecule has 2 amide bonds. The number of hydrogen-bond donors (Lipinski definition) is 3. The summed E-state index contributed by atoms with van der Waals surface area (Å²) < 4.78 is 11.7. The van der Waals surface area contributed by atoms with Crippen molar-refractivity contribution in [2.75, 3.05) is 24.7 Å². The first-order valence-corrected chi connectivity index (χ1v) is 14.3. The van der Waals surface area contributed by atoms with Gasteiger partial charge in [-0.15, -0.1) is 0 Å². The fourth-order valence-electron chi connectivity index (χ4n) is 4.78. The molecule has 1 saturated carbocycles. The standard InChI is InChI=1S/C28H37N3O5S/c1-18-3-8-25(35-12-11-32)23(15-18)26(33)30-20-4-6-21(7-5-20)31-27(34)24-16-19(2)17-29-28(24)36-22-9-13-37-14-10-22/h3,8,15-17,20-22,32H,4-7,9-14H2,1-2H3,(H,30,33)(H,31,34). The van der Waals surface area contributed by atoms with Crippen LogP contribution in [-0.2, 0) is 0 Å². The van der Waals surface area contributed by atoms with Gasteiger partial charge in [-0.05, 0) is 87.6 Å². The molecule has 2 aromatic rings. The van der Waals surface area contributed by atoms with Gasteiger partial charge in [-0.3, -0.25) is 9.59 Å². The number of aryl methyl sites for hydroxylation is 2. The van der Waals surface area contributed by atoms with Crippen LogP contribution in [0.25, 0.3) is 0 Å². The van der Waals surface area contributed by atoms with Crippen molar-refractivity contribution in [2.24, 2.45) is 0 Å². The van der Waals surface area contributed by atoms with Crippen LogP contribution in [0.15, 0.2) is 30.5 Å². The molecule has 1 aromatic carbocycles. The summed E-state index contributed by atoms with van der Waals surface area (Å²) in [6.45, 7) is 3.87. The second-order valence-corrected chi connectivity index (χ2v) is 11.1. The smallest absolute Gasteiger partial charge is 0.256 e. The molecule has 37 heavy (non-hydrogen) atoms. The van der Waals surface area contributed by atoms with Crippen molar-refractivity contribution < 1.29 is 24.2 Å². The van der Waals surface area contributed by atoms with Crippen molar-refractivity contribution in [2.45, 2.75) is 70.6 Å². The van der Waals surface area contributed by atoms with Crippen molar-refractivity contribution in [3.8, 4) is 11.6 Å². The quantitative estimate of drug-likeness (QED) is 0.455. The summed E-state index contributed by atoms with van der Waals surface area (Å²) >= 11 is 1.93. The van der Waals surface area contributed by atoms with Crippen LogP contribution in [0.3, 0.4) is 0 Å². The molecule has 1 saturated heterocycles. The topological polar surface area (TPSA) is 110 Å². The van der Waals surface area contributed by atoms with E-state index in [9.17, 15) is 9.59 Å². The fourth-order valence-corrected chi connectivity index (χ4v) is 5.84. The summed E-state index contributed by atoms with van der Waals surface area (Å²) in [6, 6.07) is 7.34. The maximum absolute atomic E-state index is 13.2. The van der Waals surface area contributed by atoms with Crippen molar-refractivity contribution in [1.29, 1.82) is 0 Å². The first-order valence-electron chi connectivity index (χ1n) is 13.1. The average Bonchev–Trinajstić information content (AvgIpc) is 2.90. The molecule has 1 aliphatic carbocycles. The van der Waals surface area contributed by atoms with Crippen molar-refractivity contribution in [3.63, 3.8) is 0 Å². The molecular weight excluding hydrogens is 490 g/mol. The number of rotatable bonds is 9. The normalized spacial score (nSPS) is 20.2. The highest BCUT2D eigenvalue weighted by atomic mass is 32.2. The van der Waals surface area contributed by atoms with E-state index in [0.29, 0.717) is 22.8 Å². The molecule has 0 radical (unpaired) electrons. The third kappa shape index (κ3) is 7.61. The second kappa shape index (κ2) is 13.1. The van der Waals surface area contributed by atoms with Crippen LogP contribution in [0.4, 0.5) is 0 Å². The van der Waals surface area contributed by atoms with Gasteiger partial charge in [0.2, 0.25) is 5.88 Å². The fraction of sp³-hybridized carbons (Fsp3) is 0.536. The molecule has 0 spiro atoms. The Labute approximate surface area is 222 Å². The molecule has 3 N–H and O–H groups in total. The summed E-state index contributed by atoms with van der Waals surface area (Å²) in [5.74, 6) is 2.68. The molecule has 2 fully saturated rings. The van der Waals surface area contributed by atoms with E-state index in [-0.39, 0.29) is 43.2 Å². The average molecular weight is 528 g/mol. The Morgan fingerprint density at radius 1 is 0.946 bits per heavy atom. The Bertz CT molecular complexity index is 1080. The summed E-state index contributed by atoms with van der Waals surface area (Å²) in [5, 5.41) is 15.4. The molecular formula is C28H37N3O5S. The van der Waals surface area contributed by atoms with Gasteiger partial charge in [-0.1, -0.05) is 11.6 Å². The molecule has 2 aliphatic rings. The first kappa shape index (κ1) is 27.3. The number of amides is 2. The van der Waals surface area contributed by atoms with Crippen molar-refractivity contribution in [3.05, 3.63) is 52.7 Å². The number of hydrogen-bond acceptors (Lipinski definition) is 7. The number of nitrogens with zero attached hydrogens (tertiary/aromatic N) is 1. The molecule has 8 nitrogen and oxygen atoms in total. The summed E-state index contributed by atoms with van der Waals surface area (Å²) in [7, 11) is 0. The van der Waals surface area contributed by atoms with E-state index >= 15 is 0 Å². The molecule has 0 bridgehead atoms. The minimum absolute atomic E-state index is 0.0237. The van der Waals surface area contributed by atoms with Gasteiger partial charge in [0.1, 0.15) is 24.0 Å². The van der Waals surface area contributed by atoms with E-state index in [4.69, 9.17) is 14.6 Å². The Kier molecular flexibility index (Phi) is 9.68. The van der Waals surface area contributed by atoms with E-state index in [2.05, 4.69) is 15.6 Å². The van der Waals surface area contributed by atoms with E-state index in [1.807, 2.05) is 37.7 Å². The minimum Gasteiger partial charge on any atom is -0.490 e. The monoisotopic (exact) mass is 527 g/mol. The molecule has 1 aromatic heterocycles. The lowest BCUT2D eigenvalue weighted by Gasteiger charge is -2.30. The molecule has 0 atom stereocenters.